The summed E-state index contributed by atoms with van der Waals surface area (Å²) >= 11 is 0. The minimum absolute atomic E-state index is 0.172. The molecule has 0 atom stereocenters. The molecule has 0 aliphatic rings. The summed E-state index contributed by atoms with van der Waals surface area (Å²) in [5.41, 5.74) is 5.07. The molecule has 0 aromatic heterocycles. The Morgan fingerprint density at radius 1 is 1.12 bits per heavy atom. The van der Waals surface area contributed by atoms with E-state index in [0.717, 1.165) is 12.1 Å². The first-order chi connectivity index (χ1) is 11.8. The summed E-state index contributed by atoms with van der Waals surface area (Å²) < 4.78 is 51.6. The third-order valence-electron chi connectivity index (χ3n) is 3.39. The van der Waals surface area contributed by atoms with E-state index in [-0.39, 0.29) is 11.5 Å². The van der Waals surface area contributed by atoms with Crippen molar-refractivity contribution < 1.29 is 22.4 Å². The maximum atomic E-state index is 13.3. The maximum Gasteiger partial charge on any atom is 0.419 e. The van der Waals surface area contributed by atoms with Gasteiger partial charge in [0.15, 0.2) is 0 Å². The lowest BCUT2D eigenvalue weighted by atomic mass is 10.0. The number of halogens is 4. The first-order valence-electron chi connectivity index (χ1n) is 7.45. The summed E-state index contributed by atoms with van der Waals surface area (Å²) in [5.74, 6) is -1.66. The van der Waals surface area contributed by atoms with Crippen LogP contribution in [-0.2, 0) is 6.18 Å². The van der Waals surface area contributed by atoms with Crippen molar-refractivity contribution in [3.05, 3.63) is 70.5 Å². The number of nitrogens with one attached hydrogen (secondary N) is 1. The first kappa shape index (κ1) is 18.7. The number of carbonyl (C=O) groups is 1. The minimum Gasteiger partial charge on any atom is -0.351 e. The number of hydrogen-bond donors (Lipinski definition) is 2. The van der Waals surface area contributed by atoms with Crippen LogP contribution >= 0.6 is 0 Å². The first-order valence-corrected chi connectivity index (χ1v) is 7.45. The topological polar surface area (TPSA) is 55.1 Å². The molecule has 3 nitrogen and oxygen atoms in total. The molecule has 2 aromatic carbocycles. The Morgan fingerprint density at radius 3 is 2.52 bits per heavy atom. The zero-order valence-electron chi connectivity index (χ0n) is 13.1. The highest BCUT2D eigenvalue weighted by Crippen LogP contribution is 2.32. The molecule has 3 N–H and O–H groups in total. The molecule has 0 heterocycles. The molecule has 0 aliphatic heterocycles. The number of amides is 1. The van der Waals surface area contributed by atoms with Gasteiger partial charge in [-0.15, -0.1) is 0 Å². The van der Waals surface area contributed by atoms with Gasteiger partial charge in [0.25, 0.3) is 5.91 Å². The lowest BCUT2D eigenvalue weighted by molar-refractivity contribution is -0.140. The molecule has 132 valence electrons. The van der Waals surface area contributed by atoms with Crippen LogP contribution in [-0.4, -0.2) is 19.0 Å². The Kier molecular flexibility index (Phi) is 5.93. The molecule has 0 saturated heterocycles. The second kappa shape index (κ2) is 7.94. The molecule has 0 spiro atoms. The predicted molar refractivity (Wildman–Crippen MR) is 88.2 cm³/mol. The SMILES string of the molecule is NCCNC(=O)c1ccccc1/C=C\c1ccc(F)c(C(F)(F)F)c1. The van der Waals surface area contributed by atoms with Crippen LogP contribution in [0.1, 0.15) is 27.0 Å². The number of nitrogens with two attached hydrogens (primary N) is 1. The molecule has 0 fully saturated rings. The van der Waals surface area contributed by atoms with Gasteiger partial charge in [0, 0.05) is 18.7 Å². The number of carbonyl (C=O) groups excluding carboxylic acids is 1. The maximum absolute atomic E-state index is 13.3. The van der Waals surface area contributed by atoms with E-state index in [2.05, 4.69) is 5.32 Å². The van der Waals surface area contributed by atoms with E-state index in [1.54, 1.807) is 24.3 Å². The van der Waals surface area contributed by atoms with E-state index in [1.807, 2.05) is 0 Å². The summed E-state index contributed by atoms with van der Waals surface area (Å²) in [4.78, 5) is 12.1. The van der Waals surface area contributed by atoms with Gasteiger partial charge in [-0.05, 0) is 29.3 Å². The van der Waals surface area contributed by atoms with Gasteiger partial charge < -0.3 is 11.1 Å². The van der Waals surface area contributed by atoms with Crippen molar-refractivity contribution in [2.45, 2.75) is 6.18 Å². The molecule has 0 radical (unpaired) electrons. The lowest BCUT2D eigenvalue weighted by Crippen LogP contribution is -2.29. The van der Waals surface area contributed by atoms with E-state index in [9.17, 15) is 22.4 Å². The molecule has 1 amide bonds. The summed E-state index contributed by atoms with van der Waals surface area (Å²) in [6, 6.07) is 9.35. The Bertz CT molecular complexity index is 785. The summed E-state index contributed by atoms with van der Waals surface area (Å²) in [6.45, 7) is 0.601. The largest absolute Gasteiger partial charge is 0.419 e. The molecule has 25 heavy (non-hydrogen) atoms. The molecule has 0 bridgehead atoms. The summed E-state index contributed by atoms with van der Waals surface area (Å²) in [5, 5.41) is 2.63. The van der Waals surface area contributed by atoms with Gasteiger partial charge in [0.1, 0.15) is 5.82 Å². The molecule has 0 aliphatic carbocycles. The van der Waals surface area contributed by atoms with Gasteiger partial charge in [0.05, 0.1) is 5.56 Å². The van der Waals surface area contributed by atoms with E-state index < -0.39 is 17.6 Å². The fourth-order valence-electron chi connectivity index (χ4n) is 2.18. The van der Waals surface area contributed by atoms with E-state index in [0.29, 0.717) is 24.2 Å². The van der Waals surface area contributed by atoms with Crippen LogP contribution in [0.2, 0.25) is 0 Å². The highest BCUT2D eigenvalue weighted by atomic mass is 19.4. The Labute approximate surface area is 142 Å². The molecule has 0 unspecified atom stereocenters. The predicted octanol–water partition coefficient (Wildman–Crippen LogP) is 3.70. The standard InChI is InChI=1S/C18H16F4N2O/c19-16-8-6-12(11-15(16)18(20,21)22)5-7-13-3-1-2-4-14(13)17(25)24-10-9-23/h1-8,11H,9-10,23H2,(H,24,25)/b7-5-. The van der Waals surface area contributed by atoms with Gasteiger partial charge in [-0.25, -0.2) is 4.39 Å². The number of rotatable bonds is 5. The molecular formula is C18H16F4N2O. The smallest absolute Gasteiger partial charge is 0.351 e. The van der Waals surface area contributed by atoms with Crippen molar-refractivity contribution in [2.75, 3.05) is 13.1 Å². The lowest BCUT2D eigenvalue weighted by Gasteiger charge is -2.09. The average Bonchev–Trinajstić information content (AvgIpc) is 2.58. The van der Waals surface area contributed by atoms with Gasteiger partial charge in [-0.1, -0.05) is 36.4 Å². The minimum atomic E-state index is -4.77. The Hall–Kier alpha value is -2.67. The number of hydrogen-bond acceptors (Lipinski definition) is 2. The van der Waals surface area contributed by atoms with Crippen LogP contribution in [0, 0.1) is 5.82 Å². The number of benzene rings is 2. The van der Waals surface area contributed by atoms with Gasteiger partial charge in [-0.3, -0.25) is 4.79 Å². The van der Waals surface area contributed by atoms with Crippen LogP contribution in [0.5, 0.6) is 0 Å². The van der Waals surface area contributed by atoms with Crippen LogP contribution in [0.4, 0.5) is 17.6 Å². The highest BCUT2D eigenvalue weighted by Gasteiger charge is 2.33. The van der Waals surface area contributed by atoms with E-state index in [4.69, 9.17) is 5.73 Å². The van der Waals surface area contributed by atoms with Crippen LogP contribution in [0.25, 0.3) is 12.2 Å². The van der Waals surface area contributed by atoms with Gasteiger partial charge in [0.2, 0.25) is 0 Å². The molecule has 0 saturated carbocycles. The molecule has 7 heteroatoms. The van der Waals surface area contributed by atoms with Crippen molar-refractivity contribution in [1.82, 2.24) is 5.32 Å². The molecular weight excluding hydrogens is 336 g/mol. The van der Waals surface area contributed by atoms with Crippen LogP contribution in [0.15, 0.2) is 42.5 Å². The molecule has 2 rings (SSSR count). The summed E-state index contributed by atoms with van der Waals surface area (Å²) in [6.07, 6.45) is -1.87. The van der Waals surface area contributed by atoms with Gasteiger partial charge >= 0.3 is 6.18 Å². The summed E-state index contributed by atoms with van der Waals surface area (Å²) in [7, 11) is 0. The zero-order chi connectivity index (χ0) is 18.4. The Morgan fingerprint density at radius 2 is 1.84 bits per heavy atom. The zero-order valence-corrected chi connectivity index (χ0v) is 13.1. The Balaban J connectivity index is 2.30. The third-order valence-corrected chi connectivity index (χ3v) is 3.39. The van der Waals surface area contributed by atoms with Crippen molar-refractivity contribution in [1.29, 1.82) is 0 Å². The third kappa shape index (κ3) is 4.90. The fraction of sp³-hybridized carbons (Fsp3) is 0.167. The quantitative estimate of drug-likeness (QED) is 0.637. The van der Waals surface area contributed by atoms with Crippen molar-refractivity contribution in [3.8, 4) is 0 Å². The van der Waals surface area contributed by atoms with Crippen molar-refractivity contribution >= 4 is 18.1 Å². The van der Waals surface area contributed by atoms with E-state index >= 15 is 0 Å². The van der Waals surface area contributed by atoms with Crippen molar-refractivity contribution in [2.24, 2.45) is 5.73 Å². The average molecular weight is 352 g/mol. The highest BCUT2D eigenvalue weighted by molar-refractivity contribution is 5.98. The van der Waals surface area contributed by atoms with Crippen LogP contribution in [0.3, 0.4) is 0 Å². The normalized spacial score (nSPS) is 11.7. The van der Waals surface area contributed by atoms with E-state index in [1.165, 1.54) is 18.2 Å². The number of alkyl halides is 3. The van der Waals surface area contributed by atoms with Crippen molar-refractivity contribution in [3.63, 3.8) is 0 Å². The molecule has 2 aromatic rings. The van der Waals surface area contributed by atoms with Gasteiger partial charge in [-0.2, -0.15) is 13.2 Å². The monoisotopic (exact) mass is 352 g/mol. The second-order valence-electron chi connectivity index (χ2n) is 5.20. The van der Waals surface area contributed by atoms with Crippen LogP contribution < -0.4 is 11.1 Å². The second-order valence-corrected chi connectivity index (χ2v) is 5.20. The fourth-order valence-corrected chi connectivity index (χ4v) is 2.18.